The second-order valence-electron chi connectivity index (χ2n) is 7.77. The standard InChI is InChI=1S/C16H20FN3O4.C7H6O4/c1-11(21)18-9-13-10-20(16(22)24-13)12-2-3-15(14(17)8-12)19-4-6-23-7-5-19;8-4-2-1-3-5(9)6(4)7(10)11/h2-3,8,13H,4-7,9-10H2,1H3,(H,18,21);1-3,8-9H,(H,10,11)/t13-;/m0./s1. The molecule has 0 aromatic heterocycles. The van der Waals surface area contributed by atoms with E-state index in [9.17, 15) is 18.8 Å². The molecule has 1 atom stereocenters. The zero-order valence-corrected chi connectivity index (χ0v) is 18.9. The van der Waals surface area contributed by atoms with Gasteiger partial charge in [0.15, 0.2) is 0 Å². The van der Waals surface area contributed by atoms with Gasteiger partial charge in [0.25, 0.3) is 0 Å². The summed E-state index contributed by atoms with van der Waals surface area (Å²) < 4.78 is 24.9. The maximum Gasteiger partial charge on any atom is 0.414 e. The molecule has 2 saturated heterocycles. The van der Waals surface area contributed by atoms with Crippen LogP contribution in [0.15, 0.2) is 36.4 Å². The Balaban J connectivity index is 0.000000261. The molecule has 35 heavy (non-hydrogen) atoms. The number of morpholine rings is 1. The van der Waals surface area contributed by atoms with E-state index in [2.05, 4.69) is 5.32 Å². The van der Waals surface area contributed by atoms with Gasteiger partial charge in [-0.1, -0.05) is 6.07 Å². The number of hydrogen-bond acceptors (Lipinski definition) is 8. The number of amides is 2. The summed E-state index contributed by atoms with van der Waals surface area (Å²) in [4.78, 5) is 36.5. The predicted octanol–water partition coefficient (Wildman–Crippen LogP) is 1.92. The van der Waals surface area contributed by atoms with Gasteiger partial charge in [-0.15, -0.1) is 0 Å². The van der Waals surface area contributed by atoms with E-state index in [0.717, 1.165) is 0 Å². The maximum absolute atomic E-state index is 14.4. The maximum atomic E-state index is 14.4. The molecule has 0 spiro atoms. The highest BCUT2D eigenvalue weighted by atomic mass is 19.1. The Hall–Kier alpha value is -4.06. The van der Waals surface area contributed by atoms with Crippen molar-refractivity contribution in [3.63, 3.8) is 0 Å². The molecule has 11 nitrogen and oxygen atoms in total. The Labute approximate surface area is 200 Å². The van der Waals surface area contributed by atoms with Crippen molar-refractivity contribution in [3.8, 4) is 11.5 Å². The summed E-state index contributed by atoms with van der Waals surface area (Å²) in [6.45, 7) is 4.34. The van der Waals surface area contributed by atoms with Gasteiger partial charge in [-0.05, 0) is 30.3 Å². The summed E-state index contributed by atoms with van der Waals surface area (Å²) in [5, 5.41) is 28.9. The van der Waals surface area contributed by atoms with Crippen molar-refractivity contribution in [3.05, 3.63) is 47.8 Å². The minimum atomic E-state index is -1.35. The highest BCUT2D eigenvalue weighted by Crippen LogP contribution is 2.28. The third-order valence-corrected chi connectivity index (χ3v) is 5.28. The van der Waals surface area contributed by atoms with E-state index in [1.807, 2.05) is 4.90 Å². The number of hydrogen-bond donors (Lipinski definition) is 4. The van der Waals surface area contributed by atoms with Crippen molar-refractivity contribution in [2.75, 3.05) is 49.2 Å². The summed E-state index contributed by atoms with van der Waals surface area (Å²) in [5.74, 6) is -2.78. The van der Waals surface area contributed by atoms with Crippen LogP contribution in [0.2, 0.25) is 0 Å². The number of ether oxygens (including phenoxy) is 2. The van der Waals surface area contributed by atoms with E-state index in [1.165, 1.54) is 36.1 Å². The number of cyclic esters (lactones) is 1. The Morgan fingerprint density at radius 3 is 2.34 bits per heavy atom. The molecule has 2 fully saturated rings. The number of benzene rings is 2. The number of rotatable bonds is 5. The molecule has 2 aliphatic heterocycles. The minimum Gasteiger partial charge on any atom is -0.507 e. The van der Waals surface area contributed by atoms with Crippen LogP contribution in [0.25, 0.3) is 0 Å². The van der Waals surface area contributed by atoms with Crippen molar-refractivity contribution in [1.82, 2.24) is 5.32 Å². The number of carbonyl (C=O) groups excluding carboxylic acids is 2. The smallest absolute Gasteiger partial charge is 0.414 e. The predicted molar refractivity (Wildman–Crippen MR) is 122 cm³/mol. The highest BCUT2D eigenvalue weighted by Gasteiger charge is 2.33. The van der Waals surface area contributed by atoms with E-state index >= 15 is 0 Å². The number of carbonyl (C=O) groups is 3. The second kappa shape index (κ2) is 11.4. The molecule has 0 aliphatic carbocycles. The lowest BCUT2D eigenvalue weighted by Gasteiger charge is -2.29. The Morgan fingerprint density at radius 1 is 1.14 bits per heavy atom. The topological polar surface area (TPSA) is 149 Å². The first-order valence-corrected chi connectivity index (χ1v) is 10.8. The minimum absolute atomic E-state index is 0.189. The molecule has 0 bridgehead atoms. The van der Waals surface area contributed by atoms with Gasteiger partial charge >= 0.3 is 12.1 Å². The zero-order valence-electron chi connectivity index (χ0n) is 18.9. The van der Waals surface area contributed by atoms with Crippen LogP contribution in [-0.2, 0) is 14.3 Å². The zero-order chi connectivity index (χ0) is 25.5. The van der Waals surface area contributed by atoms with Crippen LogP contribution < -0.4 is 15.1 Å². The van der Waals surface area contributed by atoms with Crippen LogP contribution >= 0.6 is 0 Å². The third kappa shape index (κ3) is 6.51. The summed E-state index contributed by atoms with van der Waals surface area (Å²) in [6.07, 6.45) is -0.979. The van der Waals surface area contributed by atoms with Gasteiger partial charge in [0.1, 0.15) is 29.0 Å². The summed E-state index contributed by atoms with van der Waals surface area (Å²) >= 11 is 0. The molecule has 2 aliphatic rings. The van der Waals surface area contributed by atoms with Crippen LogP contribution in [0.5, 0.6) is 11.5 Å². The fourth-order valence-electron chi connectivity index (χ4n) is 3.57. The number of aromatic hydroxyl groups is 2. The number of phenols is 2. The van der Waals surface area contributed by atoms with E-state index in [1.54, 1.807) is 12.1 Å². The lowest BCUT2D eigenvalue weighted by Crippen LogP contribution is -2.36. The monoisotopic (exact) mass is 491 g/mol. The van der Waals surface area contributed by atoms with Crippen molar-refractivity contribution in [2.45, 2.75) is 13.0 Å². The fraction of sp³-hybridized carbons (Fsp3) is 0.348. The van der Waals surface area contributed by atoms with Crippen LogP contribution in [0.1, 0.15) is 17.3 Å². The quantitative estimate of drug-likeness (QED) is 0.492. The number of nitrogens with one attached hydrogen (secondary N) is 1. The van der Waals surface area contributed by atoms with Gasteiger partial charge in [-0.25, -0.2) is 14.0 Å². The molecule has 4 N–H and O–H groups in total. The molecular weight excluding hydrogens is 465 g/mol. The normalized spacial score (nSPS) is 17.3. The molecule has 0 radical (unpaired) electrons. The van der Waals surface area contributed by atoms with Gasteiger partial charge in [0.2, 0.25) is 5.91 Å². The van der Waals surface area contributed by atoms with Crippen LogP contribution in [0, 0.1) is 5.82 Å². The van der Waals surface area contributed by atoms with Gasteiger partial charge < -0.3 is 35.0 Å². The number of aromatic carboxylic acids is 1. The average Bonchev–Trinajstić information content (AvgIpc) is 3.19. The Bertz CT molecular complexity index is 1070. The Morgan fingerprint density at radius 2 is 1.80 bits per heavy atom. The third-order valence-electron chi connectivity index (χ3n) is 5.28. The second-order valence-corrected chi connectivity index (χ2v) is 7.77. The van der Waals surface area contributed by atoms with Crippen molar-refractivity contribution in [2.24, 2.45) is 0 Å². The van der Waals surface area contributed by atoms with Gasteiger partial charge in [-0.2, -0.15) is 0 Å². The Kier molecular flexibility index (Phi) is 8.31. The first-order chi connectivity index (χ1) is 16.7. The van der Waals surface area contributed by atoms with E-state index in [-0.39, 0.29) is 24.8 Å². The largest absolute Gasteiger partial charge is 0.507 e. The molecule has 188 valence electrons. The van der Waals surface area contributed by atoms with Gasteiger partial charge in [0.05, 0.1) is 37.7 Å². The molecule has 12 heteroatoms. The molecule has 0 saturated carbocycles. The summed E-state index contributed by atoms with van der Waals surface area (Å²) in [7, 11) is 0. The van der Waals surface area contributed by atoms with E-state index < -0.39 is 35.2 Å². The number of carboxylic acid groups (broad SMARTS) is 1. The molecular formula is C23H26FN3O8. The van der Waals surface area contributed by atoms with Gasteiger partial charge in [-0.3, -0.25) is 9.69 Å². The average molecular weight is 491 g/mol. The lowest BCUT2D eigenvalue weighted by molar-refractivity contribution is -0.119. The number of halogens is 1. The van der Waals surface area contributed by atoms with E-state index in [4.69, 9.17) is 24.8 Å². The van der Waals surface area contributed by atoms with Crippen LogP contribution in [0.4, 0.5) is 20.6 Å². The SMILES string of the molecule is CC(=O)NC[C@H]1CN(c2ccc(N3CCOCC3)c(F)c2)C(=O)O1.O=C(O)c1c(O)cccc1O. The summed E-state index contributed by atoms with van der Waals surface area (Å²) in [6, 6.07) is 8.47. The lowest BCUT2D eigenvalue weighted by atomic mass is 10.2. The molecule has 4 rings (SSSR count). The number of nitrogens with zero attached hydrogens (tertiary/aromatic N) is 2. The highest BCUT2D eigenvalue weighted by molar-refractivity contribution is 5.93. The van der Waals surface area contributed by atoms with Crippen LogP contribution in [0.3, 0.4) is 0 Å². The molecule has 2 amide bonds. The van der Waals surface area contributed by atoms with E-state index in [0.29, 0.717) is 37.7 Å². The summed E-state index contributed by atoms with van der Waals surface area (Å²) in [5.41, 5.74) is 0.483. The molecule has 2 aromatic rings. The first-order valence-electron chi connectivity index (χ1n) is 10.8. The number of carboxylic acids is 1. The molecule has 2 aromatic carbocycles. The number of anilines is 2. The fourth-order valence-corrected chi connectivity index (χ4v) is 3.57. The van der Waals surface area contributed by atoms with Crippen LogP contribution in [-0.4, -0.2) is 78.8 Å². The first kappa shape index (κ1) is 25.6. The van der Waals surface area contributed by atoms with Crippen molar-refractivity contribution >= 4 is 29.3 Å². The van der Waals surface area contributed by atoms with Crippen molar-refractivity contribution in [1.29, 1.82) is 0 Å². The van der Waals surface area contributed by atoms with Crippen molar-refractivity contribution < 1.29 is 43.6 Å². The molecule has 0 unspecified atom stereocenters. The van der Waals surface area contributed by atoms with Gasteiger partial charge in [0, 0.05) is 20.0 Å². The molecule has 2 heterocycles.